The normalized spacial score (nSPS) is 11.6. The molecule has 0 radical (unpaired) electrons. The van der Waals surface area contributed by atoms with Gasteiger partial charge in [-0.25, -0.2) is 4.39 Å². The molecule has 19 heavy (non-hydrogen) atoms. The van der Waals surface area contributed by atoms with Gasteiger partial charge in [0.05, 0.1) is 23.0 Å². The summed E-state index contributed by atoms with van der Waals surface area (Å²) in [6.07, 6.45) is 1.58. The molecule has 0 saturated heterocycles. The molecule has 100 valence electrons. The standard InChI is InChI=1S/C15H17FN2O/c1-10(19)13-9-17-18(15(2,3)4)14(13)11-5-7-12(16)8-6-11/h5-9H,1-4H3. The average Bonchev–Trinajstić information content (AvgIpc) is 2.74. The number of benzene rings is 1. The summed E-state index contributed by atoms with van der Waals surface area (Å²) < 4.78 is 14.8. The van der Waals surface area contributed by atoms with Crippen LogP contribution in [0.3, 0.4) is 0 Å². The SMILES string of the molecule is CC(=O)c1cnn(C(C)(C)C)c1-c1ccc(F)cc1. The van der Waals surface area contributed by atoms with Crippen molar-refractivity contribution in [3.8, 4) is 11.3 Å². The number of Topliss-reactive ketones (excluding diaryl/α,β-unsaturated/α-hetero) is 1. The third kappa shape index (κ3) is 2.57. The minimum Gasteiger partial charge on any atom is -0.294 e. The summed E-state index contributed by atoms with van der Waals surface area (Å²) in [6, 6.07) is 6.11. The fourth-order valence-corrected chi connectivity index (χ4v) is 2.00. The van der Waals surface area contributed by atoms with Crippen molar-refractivity contribution in [2.24, 2.45) is 0 Å². The highest BCUT2D eigenvalue weighted by Gasteiger charge is 2.23. The van der Waals surface area contributed by atoms with E-state index in [1.807, 2.05) is 20.8 Å². The van der Waals surface area contributed by atoms with Gasteiger partial charge in [-0.3, -0.25) is 9.48 Å². The first-order valence-electron chi connectivity index (χ1n) is 6.16. The van der Waals surface area contributed by atoms with Crippen LogP contribution in [-0.4, -0.2) is 15.6 Å². The third-order valence-corrected chi connectivity index (χ3v) is 2.90. The Kier molecular flexibility index (Phi) is 3.27. The molecule has 1 aromatic carbocycles. The predicted molar refractivity (Wildman–Crippen MR) is 72.6 cm³/mol. The summed E-state index contributed by atoms with van der Waals surface area (Å²) in [6.45, 7) is 7.54. The van der Waals surface area contributed by atoms with Crippen molar-refractivity contribution in [2.45, 2.75) is 33.2 Å². The molecule has 0 fully saturated rings. The monoisotopic (exact) mass is 260 g/mol. The Hall–Kier alpha value is -1.97. The number of carbonyl (C=O) groups is 1. The first-order chi connectivity index (χ1) is 8.80. The van der Waals surface area contributed by atoms with Crippen molar-refractivity contribution >= 4 is 5.78 Å². The van der Waals surface area contributed by atoms with Gasteiger partial charge in [0.1, 0.15) is 5.82 Å². The van der Waals surface area contributed by atoms with E-state index in [9.17, 15) is 9.18 Å². The van der Waals surface area contributed by atoms with Crippen molar-refractivity contribution in [1.29, 1.82) is 0 Å². The first-order valence-corrected chi connectivity index (χ1v) is 6.16. The van der Waals surface area contributed by atoms with Gasteiger partial charge in [-0.2, -0.15) is 5.10 Å². The quantitative estimate of drug-likeness (QED) is 0.772. The molecule has 0 atom stereocenters. The van der Waals surface area contributed by atoms with Crippen LogP contribution >= 0.6 is 0 Å². The number of rotatable bonds is 2. The zero-order chi connectivity index (χ0) is 14.2. The number of carbonyl (C=O) groups excluding carboxylic acids is 1. The van der Waals surface area contributed by atoms with Gasteiger partial charge in [-0.05, 0) is 52.0 Å². The third-order valence-electron chi connectivity index (χ3n) is 2.90. The zero-order valence-corrected chi connectivity index (χ0v) is 11.6. The van der Waals surface area contributed by atoms with Gasteiger partial charge in [0.25, 0.3) is 0 Å². The average molecular weight is 260 g/mol. The predicted octanol–water partition coefficient (Wildman–Crippen LogP) is 3.65. The summed E-state index contributed by atoms with van der Waals surface area (Å²) in [5.74, 6) is -0.343. The smallest absolute Gasteiger partial charge is 0.163 e. The molecule has 0 aliphatic heterocycles. The molecule has 0 bridgehead atoms. The van der Waals surface area contributed by atoms with Gasteiger partial charge in [-0.15, -0.1) is 0 Å². The molecule has 2 rings (SSSR count). The summed E-state index contributed by atoms with van der Waals surface area (Å²) in [5, 5.41) is 4.31. The maximum absolute atomic E-state index is 13.0. The Morgan fingerprint density at radius 2 is 1.79 bits per heavy atom. The highest BCUT2D eigenvalue weighted by Crippen LogP contribution is 2.29. The number of halogens is 1. The van der Waals surface area contributed by atoms with E-state index >= 15 is 0 Å². The molecule has 1 heterocycles. The van der Waals surface area contributed by atoms with Crippen LogP contribution in [0, 0.1) is 5.82 Å². The van der Waals surface area contributed by atoms with Crippen molar-refractivity contribution in [3.63, 3.8) is 0 Å². The maximum atomic E-state index is 13.0. The molecule has 2 aromatic rings. The van der Waals surface area contributed by atoms with Crippen LogP contribution < -0.4 is 0 Å². The van der Waals surface area contributed by atoms with Gasteiger partial charge in [0, 0.05) is 5.56 Å². The van der Waals surface area contributed by atoms with E-state index in [0.717, 1.165) is 11.3 Å². The van der Waals surface area contributed by atoms with E-state index in [0.29, 0.717) is 5.56 Å². The Morgan fingerprint density at radius 1 is 1.21 bits per heavy atom. The van der Waals surface area contributed by atoms with Gasteiger partial charge < -0.3 is 0 Å². The van der Waals surface area contributed by atoms with Crippen LogP contribution in [0.25, 0.3) is 11.3 Å². The molecule has 0 N–H and O–H groups in total. The van der Waals surface area contributed by atoms with Crippen molar-refractivity contribution in [2.75, 3.05) is 0 Å². The number of hydrogen-bond donors (Lipinski definition) is 0. The Labute approximate surface area is 112 Å². The second-order valence-corrected chi connectivity index (χ2v) is 5.55. The van der Waals surface area contributed by atoms with Crippen LogP contribution in [0.1, 0.15) is 38.1 Å². The summed E-state index contributed by atoms with van der Waals surface area (Å²) >= 11 is 0. The van der Waals surface area contributed by atoms with Gasteiger partial charge in [0.2, 0.25) is 0 Å². The second kappa shape index (κ2) is 4.61. The molecule has 0 amide bonds. The molecule has 0 unspecified atom stereocenters. The van der Waals surface area contributed by atoms with Gasteiger partial charge in [-0.1, -0.05) is 0 Å². The molecule has 0 aliphatic carbocycles. The first kappa shape index (κ1) is 13.5. The van der Waals surface area contributed by atoms with E-state index in [1.165, 1.54) is 19.1 Å². The zero-order valence-electron chi connectivity index (χ0n) is 11.6. The lowest BCUT2D eigenvalue weighted by Gasteiger charge is -2.23. The van der Waals surface area contributed by atoms with Crippen LogP contribution in [0.15, 0.2) is 30.5 Å². The Balaban J connectivity index is 2.68. The van der Waals surface area contributed by atoms with E-state index in [1.54, 1.807) is 23.0 Å². The number of ketones is 1. The van der Waals surface area contributed by atoms with Crippen LogP contribution in [0.4, 0.5) is 4.39 Å². The molecular formula is C15H17FN2O. The molecule has 1 aromatic heterocycles. The molecule has 0 saturated carbocycles. The van der Waals surface area contributed by atoms with Crippen LogP contribution in [0.2, 0.25) is 0 Å². The Morgan fingerprint density at radius 3 is 2.26 bits per heavy atom. The van der Waals surface area contributed by atoms with Crippen LogP contribution in [0.5, 0.6) is 0 Å². The molecular weight excluding hydrogens is 243 g/mol. The Bertz CT molecular complexity index is 606. The number of aromatic nitrogens is 2. The largest absolute Gasteiger partial charge is 0.294 e. The summed E-state index contributed by atoms with van der Waals surface area (Å²) in [5.41, 5.74) is 1.83. The lowest BCUT2D eigenvalue weighted by molar-refractivity contribution is 0.101. The van der Waals surface area contributed by atoms with E-state index in [4.69, 9.17) is 0 Å². The second-order valence-electron chi connectivity index (χ2n) is 5.55. The van der Waals surface area contributed by atoms with E-state index in [2.05, 4.69) is 5.10 Å². The number of nitrogens with zero attached hydrogens (tertiary/aromatic N) is 2. The molecule has 0 aliphatic rings. The van der Waals surface area contributed by atoms with Crippen molar-refractivity contribution < 1.29 is 9.18 Å². The minimum absolute atomic E-state index is 0.0465. The summed E-state index contributed by atoms with van der Waals surface area (Å²) in [7, 11) is 0. The highest BCUT2D eigenvalue weighted by molar-refractivity contribution is 5.99. The van der Waals surface area contributed by atoms with E-state index < -0.39 is 0 Å². The molecule has 3 nitrogen and oxygen atoms in total. The fraction of sp³-hybridized carbons (Fsp3) is 0.333. The lowest BCUT2D eigenvalue weighted by atomic mass is 10.0. The topological polar surface area (TPSA) is 34.9 Å². The van der Waals surface area contributed by atoms with Crippen molar-refractivity contribution in [1.82, 2.24) is 9.78 Å². The van der Waals surface area contributed by atoms with Crippen LogP contribution in [-0.2, 0) is 5.54 Å². The highest BCUT2D eigenvalue weighted by atomic mass is 19.1. The van der Waals surface area contributed by atoms with Gasteiger partial charge in [0.15, 0.2) is 5.78 Å². The van der Waals surface area contributed by atoms with Crippen molar-refractivity contribution in [3.05, 3.63) is 41.8 Å². The number of hydrogen-bond acceptors (Lipinski definition) is 2. The summed E-state index contributed by atoms with van der Waals surface area (Å²) in [4.78, 5) is 11.7. The molecule has 0 spiro atoms. The minimum atomic E-state index is -0.296. The van der Waals surface area contributed by atoms with Gasteiger partial charge >= 0.3 is 0 Å². The maximum Gasteiger partial charge on any atom is 0.163 e. The lowest BCUT2D eigenvalue weighted by Crippen LogP contribution is -2.24. The van der Waals surface area contributed by atoms with E-state index in [-0.39, 0.29) is 17.1 Å². The molecule has 4 heteroatoms. The fourth-order valence-electron chi connectivity index (χ4n) is 2.00.